The molecular weight excluding hydrogens is 486 g/mol. The van der Waals surface area contributed by atoms with Crippen LogP contribution >= 0.6 is 39.3 Å². The summed E-state index contributed by atoms with van der Waals surface area (Å²) in [4.78, 5) is 16.5. The average Bonchev–Trinajstić information content (AvgIpc) is 3.19. The van der Waals surface area contributed by atoms with Crippen molar-refractivity contribution in [1.82, 2.24) is 19.7 Å². The van der Waals surface area contributed by atoms with Crippen molar-refractivity contribution in [2.75, 3.05) is 11.1 Å². The van der Waals surface area contributed by atoms with E-state index in [1.165, 1.54) is 11.8 Å². The molecule has 2 heterocycles. The highest BCUT2D eigenvalue weighted by Crippen LogP contribution is 2.29. The largest absolute Gasteiger partial charge is 0.324 e. The normalized spacial score (nSPS) is 10.7. The minimum absolute atomic E-state index is 0.136. The molecule has 150 valence electrons. The van der Waals surface area contributed by atoms with E-state index in [1.54, 1.807) is 24.5 Å². The number of carbonyl (C=O) groups excluding carboxylic acids is 1. The van der Waals surface area contributed by atoms with E-state index in [0.29, 0.717) is 16.0 Å². The molecule has 0 unspecified atom stereocenters. The molecule has 0 atom stereocenters. The second-order valence-corrected chi connectivity index (χ2v) is 8.40. The summed E-state index contributed by atoms with van der Waals surface area (Å²) in [5, 5.41) is 12.8. The Balaban J connectivity index is 1.60. The number of hydrogen-bond acceptors (Lipinski definition) is 5. The molecule has 0 fully saturated rings. The number of halogens is 2. The highest BCUT2D eigenvalue weighted by Gasteiger charge is 2.17. The van der Waals surface area contributed by atoms with Crippen LogP contribution in [0.25, 0.3) is 17.1 Å². The van der Waals surface area contributed by atoms with Crippen molar-refractivity contribution in [1.29, 1.82) is 0 Å². The van der Waals surface area contributed by atoms with Gasteiger partial charge in [0.05, 0.1) is 11.4 Å². The molecule has 0 aliphatic heterocycles. The van der Waals surface area contributed by atoms with Crippen molar-refractivity contribution in [2.24, 2.45) is 0 Å². The number of para-hydroxylation sites is 1. The molecule has 0 saturated heterocycles. The van der Waals surface area contributed by atoms with E-state index < -0.39 is 0 Å². The van der Waals surface area contributed by atoms with Gasteiger partial charge >= 0.3 is 0 Å². The topological polar surface area (TPSA) is 72.7 Å². The van der Waals surface area contributed by atoms with E-state index in [2.05, 4.69) is 36.4 Å². The van der Waals surface area contributed by atoms with Crippen LogP contribution in [0.3, 0.4) is 0 Å². The third-order valence-corrected chi connectivity index (χ3v) is 6.01. The molecule has 0 spiro atoms. The molecular formula is C21H15BrClN5OS. The number of rotatable bonds is 6. The first-order chi connectivity index (χ1) is 14.6. The Bertz CT molecular complexity index is 1170. The summed E-state index contributed by atoms with van der Waals surface area (Å²) in [5.74, 6) is 0.708. The summed E-state index contributed by atoms with van der Waals surface area (Å²) in [6, 6.07) is 18.6. The fourth-order valence-electron chi connectivity index (χ4n) is 2.75. The van der Waals surface area contributed by atoms with Crippen molar-refractivity contribution in [3.05, 3.63) is 82.6 Å². The Morgan fingerprint density at radius 1 is 1.03 bits per heavy atom. The lowest BCUT2D eigenvalue weighted by Crippen LogP contribution is -2.15. The maximum absolute atomic E-state index is 12.5. The van der Waals surface area contributed by atoms with Gasteiger partial charge in [-0.2, -0.15) is 0 Å². The second kappa shape index (κ2) is 9.42. The lowest BCUT2D eigenvalue weighted by Gasteiger charge is -2.11. The molecule has 2 aromatic heterocycles. The summed E-state index contributed by atoms with van der Waals surface area (Å²) in [5.41, 5.74) is 2.45. The first kappa shape index (κ1) is 20.6. The number of anilines is 1. The maximum atomic E-state index is 12.5. The first-order valence-corrected chi connectivity index (χ1v) is 11.1. The summed E-state index contributed by atoms with van der Waals surface area (Å²) < 4.78 is 2.73. The van der Waals surface area contributed by atoms with Crippen LogP contribution in [0.15, 0.2) is 82.7 Å². The third-order valence-electron chi connectivity index (χ3n) is 4.14. The highest BCUT2D eigenvalue weighted by atomic mass is 79.9. The first-order valence-electron chi connectivity index (χ1n) is 8.91. The molecule has 0 aliphatic rings. The van der Waals surface area contributed by atoms with Crippen molar-refractivity contribution in [3.8, 4) is 17.1 Å². The van der Waals surface area contributed by atoms with Crippen LogP contribution in [0.1, 0.15) is 0 Å². The van der Waals surface area contributed by atoms with Crippen LogP contribution < -0.4 is 5.32 Å². The fourth-order valence-corrected chi connectivity index (χ4v) is 4.02. The lowest BCUT2D eigenvalue weighted by atomic mass is 10.2. The molecule has 0 bridgehead atoms. The molecule has 1 amide bonds. The van der Waals surface area contributed by atoms with Gasteiger partial charge in [0, 0.05) is 33.1 Å². The number of nitrogens with zero attached hydrogens (tertiary/aromatic N) is 4. The van der Waals surface area contributed by atoms with E-state index in [-0.39, 0.29) is 11.7 Å². The number of thioether (sulfide) groups is 1. The summed E-state index contributed by atoms with van der Waals surface area (Å²) in [6.45, 7) is 0. The SMILES string of the molecule is O=C(CSc1nnc(-c2ccncc2)n1-c1ccc(Cl)cc1)Nc1ccccc1Br. The van der Waals surface area contributed by atoms with Gasteiger partial charge in [-0.05, 0) is 64.5 Å². The molecule has 0 saturated carbocycles. The number of aromatic nitrogens is 4. The average molecular weight is 501 g/mol. The Hall–Kier alpha value is -2.68. The Kier molecular flexibility index (Phi) is 6.47. The second-order valence-electron chi connectivity index (χ2n) is 6.17. The van der Waals surface area contributed by atoms with E-state index in [9.17, 15) is 4.79 Å². The molecule has 9 heteroatoms. The van der Waals surface area contributed by atoms with Crippen LogP contribution in [-0.4, -0.2) is 31.4 Å². The molecule has 4 rings (SSSR count). The Morgan fingerprint density at radius 3 is 2.50 bits per heavy atom. The van der Waals surface area contributed by atoms with Gasteiger partial charge < -0.3 is 5.32 Å². The van der Waals surface area contributed by atoms with E-state index in [0.717, 1.165) is 21.4 Å². The van der Waals surface area contributed by atoms with Crippen LogP contribution in [0.4, 0.5) is 5.69 Å². The van der Waals surface area contributed by atoms with Crippen LogP contribution in [0.2, 0.25) is 5.02 Å². The number of carbonyl (C=O) groups is 1. The zero-order valence-corrected chi connectivity index (χ0v) is 18.7. The lowest BCUT2D eigenvalue weighted by molar-refractivity contribution is -0.113. The summed E-state index contributed by atoms with van der Waals surface area (Å²) in [6.07, 6.45) is 3.41. The van der Waals surface area contributed by atoms with Crippen molar-refractivity contribution < 1.29 is 4.79 Å². The van der Waals surface area contributed by atoms with Crippen molar-refractivity contribution >= 4 is 50.9 Å². The van der Waals surface area contributed by atoms with E-state index in [4.69, 9.17) is 11.6 Å². The number of benzene rings is 2. The molecule has 6 nitrogen and oxygen atoms in total. The third kappa shape index (κ3) is 4.72. The predicted octanol–water partition coefficient (Wildman–Crippen LogP) is 5.48. The standard InChI is InChI=1S/C21H15BrClN5OS/c22-17-3-1-2-4-18(17)25-19(29)13-30-21-27-26-20(14-9-11-24-12-10-14)28(21)16-7-5-15(23)6-8-16/h1-12H,13H2,(H,25,29). The summed E-state index contributed by atoms with van der Waals surface area (Å²) in [7, 11) is 0. The minimum atomic E-state index is -0.136. The number of pyridine rings is 1. The zero-order valence-electron chi connectivity index (χ0n) is 15.5. The number of nitrogens with one attached hydrogen (secondary N) is 1. The minimum Gasteiger partial charge on any atom is -0.324 e. The predicted molar refractivity (Wildman–Crippen MR) is 123 cm³/mol. The van der Waals surface area contributed by atoms with Gasteiger partial charge in [0.2, 0.25) is 5.91 Å². The quantitative estimate of drug-likeness (QED) is 0.355. The molecule has 1 N–H and O–H groups in total. The maximum Gasteiger partial charge on any atom is 0.234 e. The smallest absolute Gasteiger partial charge is 0.234 e. The number of amides is 1. The van der Waals surface area contributed by atoms with Gasteiger partial charge in [-0.3, -0.25) is 14.3 Å². The van der Waals surface area contributed by atoms with E-state index >= 15 is 0 Å². The number of hydrogen-bond donors (Lipinski definition) is 1. The highest BCUT2D eigenvalue weighted by molar-refractivity contribution is 9.10. The zero-order chi connectivity index (χ0) is 20.9. The monoisotopic (exact) mass is 499 g/mol. The molecule has 0 aliphatic carbocycles. The van der Waals surface area contributed by atoms with Crippen LogP contribution in [-0.2, 0) is 4.79 Å². The van der Waals surface area contributed by atoms with Gasteiger partial charge in [-0.25, -0.2) is 0 Å². The molecule has 0 radical (unpaired) electrons. The molecule has 4 aromatic rings. The van der Waals surface area contributed by atoms with Gasteiger partial charge in [0.25, 0.3) is 0 Å². The Morgan fingerprint density at radius 2 is 1.77 bits per heavy atom. The van der Waals surface area contributed by atoms with Gasteiger partial charge in [-0.1, -0.05) is 35.5 Å². The van der Waals surface area contributed by atoms with Gasteiger partial charge in [-0.15, -0.1) is 10.2 Å². The summed E-state index contributed by atoms with van der Waals surface area (Å²) >= 11 is 10.8. The molecule has 2 aromatic carbocycles. The Labute approximate surface area is 190 Å². The van der Waals surface area contributed by atoms with E-state index in [1.807, 2.05) is 53.1 Å². The van der Waals surface area contributed by atoms with Crippen LogP contribution in [0.5, 0.6) is 0 Å². The van der Waals surface area contributed by atoms with Gasteiger partial charge in [0.1, 0.15) is 0 Å². The van der Waals surface area contributed by atoms with Crippen LogP contribution in [0, 0.1) is 0 Å². The molecule has 30 heavy (non-hydrogen) atoms. The van der Waals surface area contributed by atoms with Crippen molar-refractivity contribution in [2.45, 2.75) is 5.16 Å². The fraction of sp³-hybridized carbons (Fsp3) is 0.0476. The van der Waals surface area contributed by atoms with Gasteiger partial charge in [0.15, 0.2) is 11.0 Å². The van der Waals surface area contributed by atoms with Crippen molar-refractivity contribution in [3.63, 3.8) is 0 Å².